The van der Waals surface area contributed by atoms with Crippen molar-refractivity contribution in [1.29, 1.82) is 0 Å². The number of amides is 2. The number of hydrogen-bond donors (Lipinski definition) is 0. The Hall–Kier alpha value is -1.82. The Bertz CT molecular complexity index is 550. The van der Waals surface area contributed by atoms with Crippen molar-refractivity contribution >= 4 is 11.8 Å². The number of rotatable bonds is 10. The van der Waals surface area contributed by atoms with Crippen LogP contribution in [0.15, 0.2) is 22.8 Å². The zero-order chi connectivity index (χ0) is 18.9. The first-order valence-corrected chi connectivity index (χ1v) is 9.69. The van der Waals surface area contributed by atoms with E-state index >= 15 is 0 Å². The lowest BCUT2D eigenvalue weighted by Gasteiger charge is -2.29. The average molecular weight is 364 g/mol. The third-order valence-electron chi connectivity index (χ3n) is 4.46. The van der Waals surface area contributed by atoms with Gasteiger partial charge in [-0.05, 0) is 37.3 Å². The van der Waals surface area contributed by atoms with Crippen molar-refractivity contribution in [3.63, 3.8) is 0 Å². The van der Waals surface area contributed by atoms with Gasteiger partial charge in [0.15, 0.2) is 0 Å². The van der Waals surface area contributed by atoms with Gasteiger partial charge < -0.3 is 19.0 Å². The predicted molar refractivity (Wildman–Crippen MR) is 99.4 cm³/mol. The molecule has 146 valence electrons. The molecule has 6 heteroatoms. The second kappa shape index (κ2) is 10.4. The van der Waals surface area contributed by atoms with E-state index in [1.165, 1.54) is 0 Å². The average Bonchev–Trinajstić information content (AvgIpc) is 3.27. The summed E-state index contributed by atoms with van der Waals surface area (Å²) in [5, 5.41) is 0. The van der Waals surface area contributed by atoms with E-state index in [-0.39, 0.29) is 24.5 Å². The maximum absolute atomic E-state index is 13.0. The molecule has 0 radical (unpaired) electrons. The summed E-state index contributed by atoms with van der Waals surface area (Å²) in [5.74, 6) is 1.05. The molecule has 1 aliphatic rings. The van der Waals surface area contributed by atoms with Crippen LogP contribution in [0, 0.1) is 5.92 Å². The minimum absolute atomic E-state index is 0.0459. The lowest BCUT2D eigenvalue weighted by atomic mass is 10.2. The Kier molecular flexibility index (Phi) is 8.16. The van der Waals surface area contributed by atoms with Crippen molar-refractivity contribution in [2.45, 2.75) is 59.1 Å². The molecule has 26 heavy (non-hydrogen) atoms. The van der Waals surface area contributed by atoms with E-state index in [9.17, 15) is 9.59 Å². The summed E-state index contributed by atoms with van der Waals surface area (Å²) in [6.45, 7) is 8.51. The molecule has 1 aromatic rings. The monoisotopic (exact) mass is 364 g/mol. The molecule has 1 saturated heterocycles. The highest BCUT2D eigenvalue weighted by Crippen LogP contribution is 2.16. The van der Waals surface area contributed by atoms with Gasteiger partial charge in [0.05, 0.1) is 25.5 Å². The molecule has 2 amide bonds. The van der Waals surface area contributed by atoms with Crippen LogP contribution in [0.25, 0.3) is 0 Å². The fourth-order valence-corrected chi connectivity index (χ4v) is 3.21. The van der Waals surface area contributed by atoms with Crippen molar-refractivity contribution in [3.8, 4) is 0 Å². The van der Waals surface area contributed by atoms with E-state index in [0.29, 0.717) is 32.0 Å². The molecular weight excluding hydrogens is 332 g/mol. The lowest BCUT2D eigenvalue weighted by Crippen LogP contribution is -2.46. The molecule has 1 aromatic heterocycles. The molecule has 0 unspecified atom stereocenters. The van der Waals surface area contributed by atoms with Crippen LogP contribution >= 0.6 is 0 Å². The van der Waals surface area contributed by atoms with E-state index < -0.39 is 0 Å². The van der Waals surface area contributed by atoms with E-state index in [4.69, 9.17) is 9.15 Å². The van der Waals surface area contributed by atoms with Gasteiger partial charge in [0.2, 0.25) is 11.8 Å². The molecule has 2 rings (SSSR count). The summed E-state index contributed by atoms with van der Waals surface area (Å²) < 4.78 is 11.1. The Morgan fingerprint density at radius 2 is 2.08 bits per heavy atom. The Morgan fingerprint density at radius 3 is 2.65 bits per heavy atom. The molecule has 0 spiro atoms. The number of carbonyl (C=O) groups is 2. The van der Waals surface area contributed by atoms with Crippen LogP contribution in [0.4, 0.5) is 0 Å². The Labute approximate surface area is 156 Å². The van der Waals surface area contributed by atoms with Crippen LogP contribution in [-0.2, 0) is 20.9 Å². The first kappa shape index (κ1) is 20.5. The van der Waals surface area contributed by atoms with Crippen LogP contribution in [-0.4, -0.2) is 54.0 Å². The van der Waals surface area contributed by atoms with Gasteiger partial charge in [-0.1, -0.05) is 20.8 Å². The molecule has 0 aliphatic carbocycles. The second-order valence-electron chi connectivity index (χ2n) is 7.41. The van der Waals surface area contributed by atoms with Crippen molar-refractivity contribution in [2.75, 3.05) is 26.2 Å². The van der Waals surface area contributed by atoms with Crippen molar-refractivity contribution in [3.05, 3.63) is 24.2 Å². The molecule has 0 bridgehead atoms. The normalized spacial score (nSPS) is 16.8. The topological polar surface area (TPSA) is 63.0 Å². The number of nitrogens with zero attached hydrogens (tertiary/aromatic N) is 2. The van der Waals surface area contributed by atoms with Crippen LogP contribution in [0.3, 0.4) is 0 Å². The summed E-state index contributed by atoms with van der Waals surface area (Å²) in [4.78, 5) is 28.9. The van der Waals surface area contributed by atoms with Crippen LogP contribution in [0.2, 0.25) is 0 Å². The molecule has 0 aromatic carbocycles. The van der Waals surface area contributed by atoms with Gasteiger partial charge in [-0.25, -0.2) is 0 Å². The van der Waals surface area contributed by atoms with E-state index in [0.717, 1.165) is 31.6 Å². The van der Waals surface area contributed by atoms with Gasteiger partial charge in [-0.2, -0.15) is 0 Å². The second-order valence-corrected chi connectivity index (χ2v) is 7.41. The summed E-state index contributed by atoms with van der Waals surface area (Å²) in [7, 11) is 0. The molecule has 6 nitrogen and oxygen atoms in total. The third-order valence-corrected chi connectivity index (χ3v) is 4.46. The molecular formula is C20H32N2O4. The molecule has 1 atom stereocenters. The summed E-state index contributed by atoms with van der Waals surface area (Å²) >= 11 is 0. The standard InChI is InChI=1S/C20H32N2O4/c1-4-7-19(23)21(12-16(2)3)15-20(24)22(13-17-8-5-10-25-17)14-18-9-6-11-26-18/h5,8,10,16,18H,4,6-7,9,11-15H2,1-3H3/t18-/m0/s1. The van der Waals surface area contributed by atoms with E-state index in [1.807, 2.05) is 19.1 Å². The van der Waals surface area contributed by atoms with Crippen molar-refractivity contribution in [1.82, 2.24) is 9.80 Å². The number of carbonyl (C=O) groups excluding carboxylic acids is 2. The predicted octanol–water partition coefficient (Wildman–Crippen LogP) is 3.07. The van der Waals surface area contributed by atoms with Gasteiger partial charge in [0.1, 0.15) is 5.76 Å². The summed E-state index contributed by atoms with van der Waals surface area (Å²) in [6, 6.07) is 3.68. The maximum Gasteiger partial charge on any atom is 0.242 e. The zero-order valence-corrected chi connectivity index (χ0v) is 16.3. The van der Waals surface area contributed by atoms with E-state index in [1.54, 1.807) is 16.1 Å². The first-order valence-electron chi connectivity index (χ1n) is 9.69. The molecule has 1 aliphatic heterocycles. The van der Waals surface area contributed by atoms with Gasteiger partial charge in [-0.15, -0.1) is 0 Å². The Balaban J connectivity index is 2.04. The van der Waals surface area contributed by atoms with Crippen molar-refractivity contribution < 1.29 is 18.7 Å². The highest BCUT2D eigenvalue weighted by molar-refractivity contribution is 5.84. The summed E-state index contributed by atoms with van der Waals surface area (Å²) in [6.07, 6.45) is 4.94. The highest BCUT2D eigenvalue weighted by atomic mass is 16.5. The number of hydrogen-bond acceptors (Lipinski definition) is 4. The summed E-state index contributed by atoms with van der Waals surface area (Å²) in [5.41, 5.74) is 0. The SMILES string of the molecule is CCCC(=O)N(CC(=O)N(Cc1ccco1)C[C@@H]1CCCO1)CC(C)C. The third kappa shape index (κ3) is 6.48. The van der Waals surface area contributed by atoms with Crippen LogP contribution < -0.4 is 0 Å². The maximum atomic E-state index is 13.0. The molecule has 2 heterocycles. The van der Waals surface area contributed by atoms with Gasteiger partial charge in [0.25, 0.3) is 0 Å². The van der Waals surface area contributed by atoms with E-state index in [2.05, 4.69) is 13.8 Å². The smallest absolute Gasteiger partial charge is 0.242 e. The minimum Gasteiger partial charge on any atom is -0.467 e. The fraction of sp³-hybridized carbons (Fsp3) is 0.700. The lowest BCUT2D eigenvalue weighted by molar-refractivity contribution is -0.142. The number of furan rings is 1. The van der Waals surface area contributed by atoms with Crippen molar-refractivity contribution in [2.24, 2.45) is 5.92 Å². The van der Waals surface area contributed by atoms with Crippen LogP contribution in [0.5, 0.6) is 0 Å². The Morgan fingerprint density at radius 1 is 1.27 bits per heavy atom. The molecule has 0 N–H and O–H groups in total. The van der Waals surface area contributed by atoms with Crippen LogP contribution in [0.1, 0.15) is 52.2 Å². The highest BCUT2D eigenvalue weighted by Gasteiger charge is 2.26. The first-order chi connectivity index (χ1) is 12.5. The molecule has 0 saturated carbocycles. The molecule has 1 fully saturated rings. The van der Waals surface area contributed by atoms with Gasteiger partial charge in [0, 0.05) is 26.1 Å². The largest absolute Gasteiger partial charge is 0.467 e. The minimum atomic E-state index is -0.0537. The van der Waals surface area contributed by atoms with Gasteiger partial charge in [-0.3, -0.25) is 9.59 Å². The quantitative estimate of drug-likeness (QED) is 0.640. The fourth-order valence-electron chi connectivity index (χ4n) is 3.21. The zero-order valence-electron chi connectivity index (χ0n) is 16.3. The number of ether oxygens (including phenoxy) is 1. The van der Waals surface area contributed by atoms with Gasteiger partial charge >= 0.3 is 0 Å².